The summed E-state index contributed by atoms with van der Waals surface area (Å²) in [6.07, 6.45) is 8.43. The Kier molecular flexibility index (Phi) is 6.20. The molecule has 1 N–H and O–H groups in total. The van der Waals surface area contributed by atoms with Crippen LogP contribution in [0.3, 0.4) is 0 Å². The molecule has 3 aromatic rings. The van der Waals surface area contributed by atoms with Gasteiger partial charge >= 0.3 is 5.97 Å². The number of esters is 1. The molecule has 150 valence electrons. The molecule has 0 unspecified atom stereocenters. The standard InChI is InChI=1S/C24H24ClNO3/c1-5-6-7-12-28-17-10-8-16(9-11-17)18-13-19-20(23(27)29-24(2,3)4)15-26-22(19)14-21(18)25/h1,8-11,13-15,26H,6-7,12H2,2-4H3. The Hall–Kier alpha value is -2.90. The van der Waals surface area contributed by atoms with Gasteiger partial charge in [-0.05, 0) is 57.0 Å². The van der Waals surface area contributed by atoms with E-state index in [0.717, 1.165) is 34.2 Å². The highest BCUT2D eigenvalue weighted by molar-refractivity contribution is 6.34. The number of hydrogen-bond donors (Lipinski definition) is 1. The average molecular weight is 410 g/mol. The zero-order valence-corrected chi connectivity index (χ0v) is 17.6. The van der Waals surface area contributed by atoms with Crippen LogP contribution in [0.5, 0.6) is 5.75 Å². The number of benzene rings is 2. The summed E-state index contributed by atoms with van der Waals surface area (Å²) in [5.41, 5.74) is 2.48. The number of hydrogen-bond acceptors (Lipinski definition) is 3. The van der Waals surface area contributed by atoms with Crippen molar-refractivity contribution in [1.82, 2.24) is 4.98 Å². The van der Waals surface area contributed by atoms with Crippen LogP contribution in [0.2, 0.25) is 5.02 Å². The van der Waals surface area contributed by atoms with Crippen molar-refractivity contribution in [1.29, 1.82) is 0 Å². The van der Waals surface area contributed by atoms with Crippen LogP contribution in [0, 0.1) is 12.3 Å². The number of halogens is 1. The molecular weight excluding hydrogens is 386 g/mol. The van der Waals surface area contributed by atoms with Gasteiger partial charge in [-0.1, -0.05) is 23.7 Å². The van der Waals surface area contributed by atoms with E-state index in [9.17, 15) is 4.79 Å². The average Bonchev–Trinajstić information content (AvgIpc) is 3.06. The fraction of sp³-hybridized carbons (Fsp3) is 0.292. The first-order valence-corrected chi connectivity index (χ1v) is 9.87. The molecule has 29 heavy (non-hydrogen) atoms. The highest BCUT2D eigenvalue weighted by atomic mass is 35.5. The highest BCUT2D eigenvalue weighted by Gasteiger charge is 2.21. The Morgan fingerprint density at radius 3 is 2.59 bits per heavy atom. The molecule has 3 rings (SSSR count). The second-order valence-electron chi connectivity index (χ2n) is 7.76. The molecule has 0 radical (unpaired) electrons. The van der Waals surface area contributed by atoms with E-state index in [0.29, 0.717) is 23.6 Å². The lowest BCUT2D eigenvalue weighted by molar-refractivity contribution is 0.00719. The van der Waals surface area contributed by atoms with E-state index in [-0.39, 0.29) is 5.97 Å². The van der Waals surface area contributed by atoms with Crippen molar-refractivity contribution >= 4 is 28.5 Å². The maximum Gasteiger partial charge on any atom is 0.340 e. The molecule has 2 aromatic carbocycles. The van der Waals surface area contributed by atoms with Crippen LogP contribution in [0.4, 0.5) is 0 Å². The third-order valence-electron chi connectivity index (χ3n) is 4.29. The maximum atomic E-state index is 12.6. The Morgan fingerprint density at radius 2 is 1.93 bits per heavy atom. The van der Waals surface area contributed by atoms with Crippen molar-refractivity contribution in [2.75, 3.05) is 6.61 Å². The van der Waals surface area contributed by atoms with Crippen molar-refractivity contribution in [3.05, 3.63) is 53.2 Å². The van der Waals surface area contributed by atoms with Gasteiger partial charge in [-0.2, -0.15) is 0 Å². The predicted molar refractivity (Wildman–Crippen MR) is 117 cm³/mol. The summed E-state index contributed by atoms with van der Waals surface area (Å²) in [7, 11) is 0. The lowest BCUT2D eigenvalue weighted by Crippen LogP contribution is -2.23. The number of terminal acetylenes is 1. The van der Waals surface area contributed by atoms with Crippen molar-refractivity contribution < 1.29 is 14.3 Å². The zero-order valence-electron chi connectivity index (χ0n) is 16.8. The fourth-order valence-electron chi connectivity index (χ4n) is 2.96. The number of aromatic nitrogens is 1. The Balaban J connectivity index is 1.88. The number of carbonyl (C=O) groups is 1. The van der Waals surface area contributed by atoms with Gasteiger partial charge < -0.3 is 14.5 Å². The Labute approximate surface area is 176 Å². The van der Waals surface area contributed by atoms with Gasteiger partial charge in [0.05, 0.1) is 17.2 Å². The molecule has 0 atom stereocenters. The molecule has 0 bridgehead atoms. The van der Waals surface area contributed by atoms with Crippen LogP contribution in [0.25, 0.3) is 22.0 Å². The number of nitrogens with one attached hydrogen (secondary N) is 1. The Morgan fingerprint density at radius 1 is 1.21 bits per heavy atom. The largest absolute Gasteiger partial charge is 0.494 e. The van der Waals surface area contributed by atoms with Crippen LogP contribution < -0.4 is 4.74 Å². The third kappa shape index (κ3) is 5.13. The molecule has 0 saturated carbocycles. The minimum Gasteiger partial charge on any atom is -0.494 e. The molecule has 0 saturated heterocycles. The molecule has 0 fully saturated rings. The highest BCUT2D eigenvalue weighted by Crippen LogP contribution is 2.34. The van der Waals surface area contributed by atoms with E-state index < -0.39 is 5.60 Å². The number of H-pyrrole nitrogens is 1. The molecule has 0 aliphatic rings. The SMILES string of the molecule is C#CCCCOc1ccc(-c2cc3c(C(=O)OC(C)(C)C)c[nH]c3cc2Cl)cc1. The van der Waals surface area contributed by atoms with Gasteiger partial charge in [0.25, 0.3) is 0 Å². The predicted octanol–water partition coefficient (Wildman–Crippen LogP) is 6.24. The van der Waals surface area contributed by atoms with E-state index in [1.165, 1.54) is 0 Å². The summed E-state index contributed by atoms with van der Waals surface area (Å²) in [4.78, 5) is 15.7. The molecule has 1 heterocycles. The third-order valence-corrected chi connectivity index (χ3v) is 4.60. The quantitative estimate of drug-likeness (QED) is 0.298. The summed E-state index contributed by atoms with van der Waals surface area (Å²) in [6.45, 7) is 6.12. The van der Waals surface area contributed by atoms with Crippen molar-refractivity contribution in [3.8, 4) is 29.2 Å². The molecular formula is C24H24ClNO3. The lowest BCUT2D eigenvalue weighted by atomic mass is 10.0. The van der Waals surface area contributed by atoms with Gasteiger partial charge in [0.2, 0.25) is 0 Å². The lowest BCUT2D eigenvalue weighted by Gasteiger charge is -2.19. The smallest absolute Gasteiger partial charge is 0.340 e. The summed E-state index contributed by atoms with van der Waals surface area (Å²) in [5.74, 6) is 3.01. The van der Waals surface area contributed by atoms with Gasteiger partial charge in [-0.3, -0.25) is 0 Å². The second kappa shape index (κ2) is 8.63. The topological polar surface area (TPSA) is 51.3 Å². The summed E-state index contributed by atoms with van der Waals surface area (Å²) in [6, 6.07) is 11.4. The minimum atomic E-state index is -0.564. The van der Waals surface area contributed by atoms with Crippen LogP contribution >= 0.6 is 11.6 Å². The van der Waals surface area contributed by atoms with Gasteiger partial charge in [0.1, 0.15) is 11.4 Å². The van der Waals surface area contributed by atoms with Crippen molar-refractivity contribution in [2.45, 2.75) is 39.2 Å². The number of unbranched alkanes of at least 4 members (excludes halogenated alkanes) is 1. The van der Waals surface area contributed by atoms with Crippen LogP contribution in [0.15, 0.2) is 42.6 Å². The van der Waals surface area contributed by atoms with Gasteiger partial charge in [-0.15, -0.1) is 12.3 Å². The molecule has 0 aliphatic heterocycles. The number of carbonyl (C=O) groups excluding carboxylic acids is 1. The summed E-state index contributed by atoms with van der Waals surface area (Å²) >= 11 is 6.50. The first kappa shape index (κ1) is 20.8. The van der Waals surface area contributed by atoms with Crippen LogP contribution in [-0.2, 0) is 4.74 Å². The van der Waals surface area contributed by atoms with Gasteiger partial charge in [0.15, 0.2) is 0 Å². The summed E-state index contributed by atoms with van der Waals surface area (Å²) in [5, 5.41) is 1.37. The van der Waals surface area contributed by atoms with E-state index >= 15 is 0 Å². The van der Waals surface area contributed by atoms with E-state index in [1.54, 1.807) is 6.20 Å². The van der Waals surface area contributed by atoms with Gasteiger partial charge in [-0.25, -0.2) is 4.79 Å². The molecule has 4 nitrogen and oxygen atoms in total. The van der Waals surface area contributed by atoms with E-state index in [2.05, 4.69) is 10.9 Å². The Bertz CT molecular complexity index is 1050. The zero-order chi connectivity index (χ0) is 21.0. The first-order chi connectivity index (χ1) is 13.8. The van der Waals surface area contributed by atoms with E-state index in [4.69, 9.17) is 27.5 Å². The minimum absolute atomic E-state index is 0.368. The second-order valence-corrected chi connectivity index (χ2v) is 8.17. The normalized spacial score (nSPS) is 11.3. The van der Waals surface area contributed by atoms with Crippen molar-refractivity contribution in [2.24, 2.45) is 0 Å². The number of fused-ring (bicyclic) bond motifs is 1. The number of rotatable bonds is 6. The van der Waals surface area contributed by atoms with Crippen LogP contribution in [-0.4, -0.2) is 23.2 Å². The molecule has 5 heteroatoms. The number of ether oxygens (including phenoxy) is 2. The first-order valence-electron chi connectivity index (χ1n) is 9.49. The van der Waals surface area contributed by atoms with Crippen molar-refractivity contribution in [3.63, 3.8) is 0 Å². The summed E-state index contributed by atoms with van der Waals surface area (Å²) < 4.78 is 11.2. The molecule has 0 amide bonds. The molecule has 1 aromatic heterocycles. The molecule has 0 aliphatic carbocycles. The van der Waals surface area contributed by atoms with E-state index in [1.807, 2.05) is 57.2 Å². The molecule has 0 spiro atoms. The monoisotopic (exact) mass is 409 g/mol. The van der Waals surface area contributed by atoms with Crippen LogP contribution in [0.1, 0.15) is 44.0 Å². The maximum absolute atomic E-state index is 12.6. The number of aromatic amines is 1. The van der Waals surface area contributed by atoms with Gasteiger partial charge in [0, 0.05) is 29.1 Å². The fourth-order valence-corrected chi connectivity index (χ4v) is 3.23.